The van der Waals surface area contributed by atoms with Crippen molar-refractivity contribution >= 4 is 0 Å². The fraction of sp³-hybridized carbons (Fsp3) is 0. The summed E-state index contributed by atoms with van der Waals surface area (Å²) >= 11 is 0. The highest BCUT2D eigenvalue weighted by Crippen LogP contribution is 1.91. The maximum absolute atomic E-state index is 11.9. The molecule has 1 N–H and O–H groups in total. The Labute approximate surface area is 62.0 Å². The molecule has 0 fully saturated rings. The first-order valence-electron chi connectivity index (χ1n) is 2.66. The van der Waals surface area contributed by atoms with Gasteiger partial charge in [0.15, 0.2) is 0 Å². The van der Waals surface area contributed by atoms with Crippen molar-refractivity contribution in [2.24, 2.45) is 0 Å². The first kappa shape index (κ1) is 9.35. The van der Waals surface area contributed by atoms with E-state index in [-0.39, 0.29) is 5.82 Å². The zero-order valence-electron chi connectivity index (χ0n) is 5.48. The van der Waals surface area contributed by atoms with Gasteiger partial charge >= 0.3 is 0 Å². The number of benzene rings is 1. The van der Waals surface area contributed by atoms with Crippen molar-refractivity contribution in [1.82, 2.24) is 0 Å². The van der Waals surface area contributed by atoms with Crippen LogP contribution in [-0.2, 0) is 0 Å². The lowest BCUT2D eigenvalue weighted by molar-refractivity contribution is -0.742. The minimum Gasteiger partial charge on any atom is -0.328 e. The maximum Gasteiger partial charge on any atom is 0.291 e. The first-order valence-corrected chi connectivity index (χ1v) is 2.66. The minimum atomic E-state index is -1.50. The predicted octanol–water partition coefficient (Wildman–Crippen LogP) is 1.48. The molecule has 0 saturated carbocycles. The Kier molecular flexibility index (Phi) is 4.39. The summed E-state index contributed by atoms with van der Waals surface area (Å²) in [5.41, 5.74) is 0. The van der Waals surface area contributed by atoms with E-state index in [1.165, 1.54) is 12.1 Å². The lowest BCUT2D eigenvalue weighted by Crippen LogP contribution is -1.81. The van der Waals surface area contributed by atoms with Crippen molar-refractivity contribution in [2.75, 3.05) is 0 Å². The van der Waals surface area contributed by atoms with Crippen molar-refractivity contribution in [2.45, 2.75) is 0 Å². The van der Waals surface area contributed by atoms with Crippen LogP contribution in [0.5, 0.6) is 0 Å². The van der Waals surface area contributed by atoms with E-state index in [4.69, 9.17) is 15.3 Å². The van der Waals surface area contributed by atoms with Crippen molar-refractivity contribution in [3.8, 4) is 0 Å². The largest absolute Gasteiger partial charge is 0.328 e. The van der Waals surface area contributed by atoms with E-state index < -0.39 is 5.09 Å². The monoisotopic (exact) mass is 159 g/mol. The Bertz CT molecular complexity index is 210. The van der Waals surface area contributed by atoms with Gasteiger partial charge in [-0.25, -0.2) is 4.39 Å². The van der Waals surface area contributed by atoms with Crippen LogP contribution in [-0.4, -0.2) is 10.3 Å². The number of halogens is 1. The molecule has 1 rings (SSSR count). The Morgan fingerprint density at radius 1 is 1.36 bits per heavy atom. The predicted molar refractivity (Wildman–Crippen MR) is 35.2 cm³/mol. The van der Waals surface area contributed by atoms with Crippen LogP contribution in [0.3, 0.4) is 0 Å². The van der Waals surface area contributed by atoms with Gasteiger partial charge in [-0.1, -0.05) is 18.2 Å². The van der Waals surface area contributed by atoms with Gasteiger partial charge in [0, 0.05) is 0 Å². The van der Waals surface area contributed by atoms with E-state index in [2.05, 4.69) is 0 Å². The minimum absolute atomic E-state index is 0.178. The SMILES string of the molecule is Fc1ccccc1.O=[N+]([O-])O. The molecule has 0 amide bonds. The quantitative estimate of drug-likeness (QED) is 0.460. The third kappa shape index (κ3) is 8.35. The van der Waals surface area contributed by atoms with Crippen LogP contribution < -0.4 is 0 Å². The van der Waals surface area contributed by atoms with E-state index in [1.54, 1.807) is 18.2 Å². The van der Waals surface area contributed by atoms with Crippen molar-refractivity contribution in [3.05, 3.63) is 46.3 Å². The fourth-order valence-corrected chi connectivity index (χ4v) is 0.415. The van der Waals surface area contributed by atoms with Crippen LogP contribution in [0, 0.1) is 15.9 Å². The molecule has 0 radical (unpaired) electrons. The summed E-state index contributed by atoms with van der Waals surface area (Å²) in [6.07, 6.45) is 0. The lowest BCUT2D eigenvalue weighted by Gasteiger charge is -1.78. The van der Waals surface area contributed by atoms with Crippen molar-refractivity contribution in [3.63, 3.8) is 0 Å². The van der Waals surface area contributed by atoms with Crippen LogP contribution in [0.1, 0.15) is 0 Å². The van der Waals surface area contributed by atoms with E-state index in [0.717, 1.165) is 0 Å². The molecule has 0 spiro atoms. The highest BCUT2D eigenvalue weighted by Gasteiger charge is 1.77. The zero-order valence-corrected chi connectivity index (χ0v) is 5.48. The Balaban J connectivity index is 0.000000218. The van der Waals surface area contributed by atoms with Gasteiger partial charge in [-0.15, -0.1) is 10.1 Å². The average molecular weight is 159 g/mol. The molecule has 0 saturated heterocycles. The summed E-state index contributed by atoms with van der Waals surface area (Å²) in [6, 6.07) is 7.94. The van der Waals surface area contributed by atoms with Gasteiger partial charge in [-0.2, -0.15) is 0 Å². The molecule has 1 aromatic rings. The zero-order chi connectivity index (χ0) is 8.69. The molecule has 0 aliphatic carbocycles. The molecule has 0 aliphatic heterocycles. The Morgan fingerprint density at radius 2 is 1.73 bits per heavy atom. The van der Waals surface area contributed by atoms with Crippen LogP contribution in [0.25, 0.3) is 0 Å². The summed E-state index contributed by atoms with van der Waals surface area (Å²) in [7, 11) is 0. The molecule has 0 bridgehead atoms. The van der Waals surface area contributed by atoms with E-state index in [9.17, 15) is 4.39 Å². The standard InChI is InChI=1S/C6H5F.HNO3/c7-6-4-2-1-3-5-6;2-1(3)4/h1-5H;(H,2,3,4). The third-order valence-corrected chi connectivity index (χ3v) is 0.733. The van der Waals surface area contributed by atoms with Crippen molar-refractivity contribution < 1.29 is 14.7 Å². The molecule has 4 nitrogen and oxygen atoms in total. The molecule has 60 valence electrons. The van der Waals surface area contributed by atoms with Gasteiger partial charge in [0.1, 0.15) is 5.82 Å². The molecule has 0 aliphatic rings. The van der Waals surface area contributed by atoms with E-state index in [0.29, 0.717) is 0 Å². The molecule has 1 aromatic carbocycles. The summed E-state index contributed by atoms with van der Waals surface area (Å²) in [5.74, 6) is -0.178. The van der Waals surface area contributed by atoms with Crippen molar-refractivity contribution in [1.29, 1.82) is 0 Å². The molecule has 0 unspecified atom stereocenters. The molecule has 11 heavy (non-hydrogen) atoms. The topological polar surface area (TPSA) is 63.4 Å². The lowest BCUT2D eigenvalue weighted by atomic mass is 10.4. The molecule has 0 aromatic heterocycles. The Morgan fingerprint density at radius 3 is 1.91 bits per heavy atom. The van der Waals surface area contributed by atoms with Gasteiger partial charge < -0.3 is 5.21 Å². The van der Waals surface area contributed by atoms with Crippen LogP contribution in [0.4, 0.5) is 4.39 Å². The number of nitrogens with zero attached hydrogens (tertiary/aromatic N) is 1. The van der Waals surface area contributed by atoms with Crippen LogP contribution >= 0.6 is 0 Å². The number of hydrogen-bond donors (Lipinski definition) is 1. The fourth-order valence-electron chi connectivity index (χ4n) is 0.415. The van der Waals surface area contributed by atoms with Gasteiger partial charge in [-0.3, -0.25) is 0 Å². The highest BCUT2D eigenvalue weighted by molar-refractivity contribution is 5.02. The van der Waals surface area contributed by atoms with Gasteiger partial charge in [0.2, 0.25) is 0 Å². The first-order chi connectivity index (χ1) is 5.13. The second kappa shape index (κ2) is 5.16. The average Bonchev–Trinajstić information content (AvgIpc) is 1.87. The molecular weight excluding hydrogens is 153 g/mol. The normalized spacial score (nSPS) is 7.73. The molecule has 0 atom stereocenters. The highest BCUT2D eigenvalue weighted by atomic mass is 19.1. The van der Waals surface area contributed by atoms with Gasteiger partial charge in [0.05, 0.1) is 0 Å². The molecule has 5 heteroatoms. The molecule has 0 heterocycles. The van der Waals surface area contributed by atoms with Gasteiger partial charge in [-0.05, 0) is 12.1 Å². The Hall–Kier alpha value is -1.65. The smallest absolute Gasteiger partial charge is 0.291 e. The number of rotatable bonds is 0. The van der Waals surface area contributed by atoms with Gasteiger partial charge in [0.25, 0.3) is 5.09 Å². The number of hydrogen-bond acceptors (Lipinski definition) is 2. The second-order valence-corrected chi connectivity index (χ2v) is 1.53. The summed E-state index contributed by atoms with van der Waals surface area (Å²) in [4.78, 5) is 8.36. The van der Waals surface area contributed by atoms with E-state index >= 15 is 0 Å². The van der Waals surface area contributed by atoms with Crippen LogP contribution in [0.15, 0.2) is 30.3 Å². The third-order valence-electron chi connectivity index (χ3n) is 0.733. The maximum atomic E-state index is 11.9. The second-order valence-electron chi connectivity index (χ2n) is 1.53. The summed E-state index contributed by atoms with van der Waals surface area (Å²) in [6.45, 7) is 0. The molecular formula is C6H6FNO3. The summed E-state index contributed by atoms with van der Waals surface area (Å²) < 4.78 is 11.9. The summed E-state index contributed by atoms with van der Waals surface area (Å²) in [5, 5.41) is 13.6. The van der Waals surface area contributed by atoms with E-state index in [1.807, 2.05) is 0 Å². The van der Waals surface area contributed by atoms with Crippen LogP contribution in [0.2, 0.25) is 0 Å².